The van der Waals surface area contributed by atoms with Crippen molar-refractivity contribution in [2.45, 2.75) is 19.5 Å². The van der Waals surface area contributed by atoms with E-state index in [1.807, 2.05) is 25.2 Å². The molecule has 2 rings (SSSR count). The van der Waals surface area contributed by atoms with Gasteiger partial charge in [-0.3, -0.25) is 14.7 Å². The highest BCUT2D eigenvalue weighted by Crippen LogP contribution is 2.18. The van der Waals surface area contributed by atoms with Crippen LogP contribution in [0.2, 0.25) is 0 Å². The van der Waals surface area contributed by atoms with Gasteiger partial charge in [0, 0.05) is 36.7 Å². The largest absolute Gasteiger partial charge is 0.480 e. The molecule has 7 heteroatoms. The summed E-state index contributed by atoms with van der Waals surface area (Å²) >= 11 is 0. The number of carboxylic acid groups (broad SMARTS) is 1. The predicted octanol–water partition coefficient (Wildman–Crippen LogP) is 1.56. The molecule has 0 aliphatic heterocycles. The lowest BCUT2D eigenvalue weighted by Crippen LogP contribution is -2.23. The molecule has 0 spiro atoms. The summed E-state index contributed by atoms with van der Waals surface area (Å²) in [6.07, 6.45) is 5.17. The predicted molar refractivity (Wildman–Crippen MR) is 82.3 cm³/mol. The molecule has 0 saturated carbocycles. The molecule has 0 aromatic carbocycles. The zero-order valence-corrected chi connectivity index (χ0v) is 12.6. The number of nitrogens with zero attached hydrogens (tertiary/aromatic N) is 4. The number of carboxylic acids is 1. The molecule has 0 aliphatic rings. The summed E-state index contributed by atoms with van der Waals surface area (Å²) in [6.45, 7) is 2.57. The maximum Gasteiger partial charge on any atom is 0.322 e. The van der Waals surface area contributed by atoms with Gasteiger partial charge in [-0.15, -0.1) is 0 Å². The molecule has 0 aliphatic carbocycles. The van der Waals surface area contributed by atoms with Crippen LogP contribution in [-0.2, 0) is 11.3 Å². The molecule has 0 saturated heterocycles. The van der Waals surface area contributed by atoms with Crippen molar-refractivity contribution in [1.29, 1.82) is 0 Å². The Morgan fingerprint density at radius 1 is 1.32 bits per heavy atom. The van der Waals surface area contributed by atoms with Gasteiger partial charge in [0.25, 0.3) is 0 Å². The van der Waals surface area contributed by atoms with Crippen molar-refractivity contribution in [1.82, 2.24) is 19.9 Å². The van der Waals surface area contributed by atoms with Gasteiger partial charge in [-0.2, -0.15) is 0 Å². The van der Waals surface area contributed by atoms with E-state index in [2.05, 4.69) is 32.1 Å². The number of aromatic nitrogens is 3. The first-order chi connectivity index (χ1) is 10.6. The van der Waals surface area contributed by atoms with Crippen LogP contribution in [0.4, 0.5) is 5.95 Å². The average Bonchev–Trinajstić information content (AvgIpc) is 2.54. The summed E-state index contributed by atoms with van der Waals surface area (Å²) in [5, 5.41) is 11.2. The van der Waals surface area contributed by atoms with Gasteiger partial charge in [0.1, 0.15) is 6.54 Å². The van der Waals surface area contributed by atoms with Crippen molar-refractivity contribution in [3.63, 3.8) is 0 Å². The van der Waals surface area contributed by atoms with Crippen LogP contribution in [0.15, 0.2) is 36.8 Å². The molecular weight excluding hydrogens is 282 g/mol. The van der Waals surface area contributed by atoms with Gasteiger partial charge < -0.3 is 10.4 Å². The van der Waals surface area contributed by atoms with E-state index in [-0.39, 0.29) is 12.6 Å². The van der Waals surface area contributed by atoms with Crippen LogP contribution in [0.25, 0.3) is 0 Å². The van der Waals surface area contributed by atoms with E-state index < -0.39 is 5.97 Å². The summed E-state index contributed by atoms with van der Waals surface area (Å²) in [7, 11) is 2.01. The van der Waals surface area contributed by atoms with Crippen LogP contribution in [0.3, 0.4) is 0 Å². The lowest BCUT2D eigenvalue weighted by atomic mass is 10.2. The van der Waals surface area contributed by atoms with Crippen LogP contribution in [-0.4, -0.2) is 44.5 Å². The molecule has 0 unspecified atom stereocenters. The fourth-order valence-electron chi connectivity index (χ4n) is 1.96. The van der Waals surface area contributed by atoms with Gasteiger partial charge in [-0.1, -0.05) is 6.07 Å². The number of aliphatic carboxylic acids is 1. The Bertz CT molecular complexity index is 603. The Morgan fingerprint density at radius 2 is 2.05 bits per heavy atom. The van der Waals surface area contributed by atoms with E-state index in [9.17, 15) is 4.79 Å². The molecule has 2 aromatic heterocycles. The van der Waals surface area contributed by atoms with Crippen molar-refractivity contribution in [2.75, 3.05) is 18.9 Å². The van der Waals surface area contributed by atoms with Crippen molar-refractivity contribution in [3.05, 3.63) is 48.0 Å². The Labute approximate surface area is 129 Å². The molecule has 2 N–H and O–H groups in total. The molecule has 7 nitrogen and oxygen atoms in total. The molecule has 0 bridgehead atoms. The quantitative estimate of drug-likeness (QED) is 0.802. The number of carbonyl (C=O) groups is 1. The zero-order valence-electron chi connectivity index (χ0n) is 12.6. The summed E-state index contributed by atoms with van der Waals surface area (Å²) in [6, 6.07) is 6.04. The van der Waals surface area contributed by atoms with Gasteiger partial charge in [-0.25, -0.2) is 9.97 Å². The maximum atomic E-state index is 10.5. The van der Waals surface area contributed by atoms with E-state index in [0.29, 0.717) is 12.5 Å². The van der Waals surface area contributed by atoms with E-state index in [1.165, 1.54) is 0 Å². The molecule has 1 atom stereocenters. The topological polar surface area (TPSA) is 91.2 Å². The minimum Gasteiger partial charge on any atom is -0.480 e. The zero-order chi connectivity index (χ0) is 15.9. The molecule has 2 heterocycles. The monoisotopic (exact) mass is 301 g/mol. The van der Waals surface area contributed by atoms with Crippen molar-refractivity contribution in [3.8, 4) is 0 Å². The van der Waals surface area contributed by atoms with E-state index >= 15 is 0 Å². The van der Waals surface area contributed by atoms with Crippen molar-refractivity contribution in [2.24, 2.45) is 0 Å². The van der Waals surface area contributed by atoms with Gasteiger partial charge in [-0.05, 0) is 26.1 Å². The third-order valence-corrected chi connectivity index (χ3v) is 3.31. The van der Waals surface area contributed by atoms with Crippen LogP contribution < -0.4 is 5.32 Å². The van der Waals surface area contributed by atoms with Gasteiger partial charge in [0.15, 0.2) is 0 Å². The SMILES string of the molecule is C[C@@H](c1ccccn1)N(C)Cc1cnc(NCC(=O)O)nc1. The highest BCUT2D eigenvalue weighted by molar-refractivity contribution is 5.71. The van der Waals surface area contributed by atoms with Crippen molar-refractivity contribution >= 4 is 11.9 Å². The normalized spacial score (nSPS) is 12.1. The van der Waals surface area contributed by atoms with Crippen LogP contribution in [0, 0.1) is 0 Å². The molecule has 0 radical (unpaired) electrons. The highest BCUT2D eigenvalue weighted by atomic mass is 16.4. The first-order valence-electron chi connectivity index (χ1n) is 6.94. The summed E-state index contributed by atoms with van der Waals surface area (Å²) < 4.78 is 0. The lowest BCUT2D eigenvalue weighted by molar-refractivity contribution is -0.134. The molecule has 22 heavy (non-hydrogen) atoms. The Kier molecular flexibility index (Phi) is 5.37. The number of nitrogens with one attached hydrogen (secondary N) is 1. The standard InChI is InChI=1S/C15H19N5O2/c1-11(13-5-3-4-6-16-13)20(2)10-12-7-17-15(18-8-12)19-9-14(21)22/h3-8,11H,9-10H2,1-2H3,(H,21,22)(H,17,18,19)/t11-/m0/s1. The second-order valence-corrected chi connectivity index (χ2v) is 5.01. The average molecular weight is 301 g/mol. The molecule has 0 fully saturated rings. The minimum absolute atomic E-state index is 0.172. The Balaban J connectivity index is 1.94. The highest BCUT2D eigenvalue weighted by Gasteiger charge is 2.13. The number of anilines is 1. The van der Waals surface area contributed by atoms with E-state index in [4.69, 9.17) is 5.11 Å². The third kappa shape index (κ3) is 4.49. The van der Waals surface area contributed by atoms with E-state index in [0.717, 1.165) is 11.3 Å². The van der Waals surface area contributed by atoms with Crippen molar-refractivity contribution < 1.29 is 9.90 Å². The molecule has 116 valence electrons. The maximum absolute atomic E-state index is 10.5. The smallest absolute Gasteiger partial charge is 0.322 e. The summed E-state index contributed by atoms with van der Waals surface area (Å²) in [4.78, 5) is 25.2. The van der Waals surface area contributed by atoms with Gasteiger partial charge in [0.2, 0.25) is 5.95 Å². The Hall–Kier alpha value is -2.54. The van der Waals surface area contributed by atoms with E-state index in [1.54, 1.807) is 18.6 Å². The van der Waals surface area contributed by atoms with Crippen LogP contribution >= 0.6 is 0 Å². The second kappa shape index (κ2) is 7.46. The number of rotatable bonds is 7. The number of hydrogen-bond donors (Lipinski definition) is 2. The minimum atomic E-state index is -0.948. The number of hydrogen-bond acceptors (Lipinski definition) is 6. The molecule has 2 aromatic rings. The second-order valence-electron chi connectivity index (χ2n) is 5.01. The lowest BCUT2D eigenvalue weighted by Gasteiger charge is -2.24. The summed E-state index contributed by atoms with van der Waals surface area (Å²) in [5.74, 6) is -0.636. The first kappa shape index (κ1) is 15.8. The fraction of sp³-hybridized carbons (Fsp3) is 0.333. The van der Waals surface area contributed by atoms with Crippen LogP contribution in [0.5, 0.6) is 0 Å². The molecular formula is C15H19N5O2. The fourth-order valence-corrected chi connectivity index (χ4v) is 1.96. The van der Waals surface area contributed by atoms with Crippen LogP contribution in [0.1, 0.15) is 24.2 Å². The summed E-state index contributed by atoms with van der Waals surface area (Å²) in [5.41, 5.74) is 1.96. The third-order valence-electron chi connectivity index (χ3n) is 3.31. The number of pyridine rings is 1. The Morgan fingerprint density at radius 3 is 2.64 bits per heavy atom. The van der Waals surface area contributed by atoms with Gasteiger partial charge >= 0.3 is 5.97 Å². The first-order valence-corrected chi connectivity index (χ1v) is 6.94. The molecule has 0 amide bonds. The van der Waals surface area contributed by atoms with Gasteiger partial charge in [0.05, 0.1) is 5.69 Å².